The second kappa shape index (κ2) is 8.36. The molecule has 0 saturated heterocycles. The van der Waals surface area contributed by atoms with E-state index in [0.717, 1.165) is 39.7 Å². The molecule has 4 rings (SSSR count). The van der Waals surface area contributed by atoms with Crippen molar-refractivity contribution in [1.29, 1.82) is 0 Å². The Kier molecular flexibility index (Phi) is 5.80. The van der Waals surface area contributed by atoms with Crippen molar-refractivity contribution in [3.63, 3.8) is 0 Å². The molecule has 0 atom stereocenters. The van der Waals surface area contributed by atoms with Gasteiger partial charge in [-0.2, -0.15) is 0 Å². The van der Waals surface area contributed by atoms with E-state index in [1.54, 1.807) is 12.1 Å². The first-order chi connectivity index (χ1) is 14.4. The maximum Gasteiger partial charge on any atom is 0.317 e. The standard InChI is InChI=1S/C23H23ClN2O3S/c1-14-11-15(2)20-18(12-14)30-22(26-20)25-19(27)13-29-21(28)23(9-3-4-10-23)16-5-7-17(24)8-6-16/h5-8,11-12H,3-4,9-10,13H2,1-2H3,(H,25,26,27). The molecule has 1 aliphatic rings. The average molecular weight is 443 g/mol. The molecule has 1 saturated carbocycles. The van der Waals surface area contributed by atoms with E-state index >= 15 is 0 Å². The molecule has 156 valence electrons. The first-order valence-corrected chi connectivity index (χ1v) is 11.2. The van der Waals surface area contributed by atoms with Gasteiger partial charge in [0.2, 0.25) is 0 Å². The van der Waals surface area contributed by atoms with Crippen molar-refractivity contribution in [2.24, 2.45) is 0 Å². The molecule has 0 unspecified atom stereocenters. The normalized spacial score (nSPS) is 15.3. The van der Waals surface area contributed by atoms with Crippen LogP contribution in [0, 0.1) is 13.8 Å². The van der Waals surface area contributed by atoms with Gasteiger partial charge in [-0.05, 0) is 61.6 Å². The van der Waals surface area contributed by atoms with Crippen LogP contribution in [0.3, 0.4) is 0 Å². The molecule has 0 radical (unpaired) electrons. The molecule has 1 fully saturated rings. The number of aromatic nitrogens is 1. The highest BCUT2D eigenvalue weighted by Crippen LogP contribution is 2.42. The molecular weight excluding hydrogens is 420 g/mol. The van der Waals surface area contributed by atoms with Crippen molar-refractivity contribution in [2.75, 3.05) is 11.9 Å². The number of aryl methyl sites for hydroxylation is 2. The minimum Gasteiger partial charge on any atom is -0.455 e. The van der Waals surface area contributed by atoms with E-state index in [0.29, 0.717) is 23.0 Å². The molecule has 1 amide bonds. The molecule has 0 bridgehead atoms. The van der Waals surface area contributed by atoms with E-state index in [1.165, 1.54) is 11.3 Å². The molecule has 2 aromatic carbocycles. The second-order valence-corrected chi connectivity index (χ2v) is 9.34. The third-order valence-electron chi connectivity index (χ3n) is 5.66. The molecular formula is C23H23ClN2O3S. The lowest BCUT2D eigenvalue weighted by atomic mass is 9.79. The minimum absolute atomic E-state index is 0.331. The zero-order valence-electron chi connectivity index (χ0n) is 17.0. The second-order valence-electron chi connectivity index (χ2n) is 7.87. The summed E-state index contributed by atoms with van der Waals surface area (Å²) in [7, 11) is 0. The van der Waals surface area contributed by atoms with Crippen LogP contribution in [-0.4, -0.2) is 23.5 Å². The van der Waals surface area contributed by atoms with E-state index in [-0.39, 0.29) is 18.5 Å². The number of hydrogen-bond acceptors (Lipinski definition) is 5. The monoisotopic (exact) mass is 442 g/mol. The number of nitrogens with zero attached hydrogens (tertiary/aromatic N) is 1. The SMILES string of the molecule is Cc1cc(C)c2nc(NC(=O)COC(=O)C3(c4ccc(Cl)cc4)CCCC3)sc2c1. The first kappa shape index (κ1) is 20.8. The Morgan fingerprint density at radius 2 is 1.87 bits per heavy atom. The number of anilines is 1. The van der Waals surface area contributed by atoms with Crippen LogP contribution in [-0.2, 0) is 19.7 Å². The third-order valence-corrected chi connectivity index (χ3v) is 6.82. The van der Waals surface area contributed by atoms with Crippen LogP contribution in [0.15, 0.2) is 36.4 Å². The number of rotatable bonds is 5. The highest BCUT2D eigenvalue weighted by Gasteiger charge is 2.44. The number of esters is 1. The van der Waals surface area contributed by atoms with Gasteiger partial charge >= 0.3 is 5.97 Å². The van der Waals surface area contributed by atoms with E-state index in [1.807, 2.05) is 32.0 Å². The maximum absolute atomic E-state index is 13.0. The van der Waals surface area contributed by atoms with Crippen molar-refractivity contribution in [1.82, 2.24) is 4.98 Å². The quantitative estimate of drug-likeness (QED) is 0.525. The van der Waals surface area contributed by atoms with Crippen molar-refractivity contribution in [3.8, 4) is 0 Å². The molecule has 5 nitrogen and oxygen atoms in total. The van der Waals surface area contributed by atoms with E-state index in [9.17, 15) is 9.59 Å². The van der Waals surface area contributed by atoms with Crippen LogP contribution in [0.25, 0.3) is 10.2 Å². The van der Waals surface area contributed by atoms with Gasteiger partial charge in [0.15, 0.2) is 11.7 Å². The predicted octanol–water partition coefficient (Wildman–Crippen LogP) is 5.56. The summed E-state index contributed by atoms with van der Waals surface area (Å²) >= 11 is 7.41. The molecule has 1 heterocycles. The van der Waals surface area contributed by atoms with E-state index in [4.69, 9.17) is 16.3 Å². The number of hydrogen-bond donors (Lipinski definition) is 1. The number of benzene rings is 2. The Balaban J connectivity index is 1.43. The Hall–Kier alpha value is -2.44. The van der Waals surface area contributed by atoms with Crippen molar-refractivity contribution >= 4 is 50.2 Å². The van der Waals surface area contributed by atoms with Gasteiger partial charge in [0.05, 0.1) is 15.6 Å². The average Bonchev–Trinajstić information content (AvgIpc) is 3.34. The number of fused-ring (bicyclic) bond motifs is 1. The fraction of sp³-hybridized carbons (Fsp3) is 0.348. The Labute approximate surface area is 184 Å². The topological polar surface area (TPSA) is 68.3 Å². The van der Waals surface area contributed by atoms with Crippen molar-refractivity contribution < 1.29 is 14.3 Å². The van der Waals surface area contributed by atoms with Crippen LogP contribution in [0.5, 0.6) is 0 Å². The summed E-state index contributed by atoms with van der Waals surface area (Å²) in [6, 6.07) is 11.4. The van der Waals surface area contributed by atoms with Gasteiger partial charge in [-0.1, -0.05) is 54.0 Å². The van der Waals surface area contributed by atoms with Gasteiger partial charge in [0.25, 0.3) is 5.91 Å². The van der Waals surface area contributed by atoms with Gasteiger partial charge < -0.3 is 4.74 Å². The third kappa shape index (κ3) is 4.07. The van der Waals surface area contributed by atoms with Crippen LogP contribution in [0.2, 0.25) is 5.02 Å². The smallest absolute Gasteiger partial charge is 0.317 e. The summed E-state index contributed by atoms with van der Waals surface area (Å²) in [4.78, 5) is 29.9. The summed E-state index contributed by atoms with van der Waals surface area (Å²) < 4.78 is 6.48. The minimum atomic E-state index is -0.699. The molecule has 3 aromatic rings. The maximum atomic E-state index is 13.0. The number of thiazole rings is 1. The van der Waals surface area contributed by atoms with Gasteiger partial charge in [0, 0.05) is 5.02 Å². The van der Waals surface area contributed by atoms with E-state index < -0.39 is 5.41 Å². The Morgan fingerprint density at radius 3 is 2.57 bits per heavy atom. The summed E-state index contributed by atoms with van der Waals surface area (Å²) in [6.07, 6.45) is 3.33. The number of amides is 1. The number of carbonyl (C=O) groups is 2. The van der Waals surface area contributed by atoms with Gasteiger partial charge in [-0.15, -0.1) is 0 Å². The lowest BCUT2D eigenvalue weighted by Gasteiger charge is -2.27. The zero-order chi connectivity index (χ0) is 21.3. The zero-order valence-corrected chi connectivity index (χ0v) is 18.5. The van der Waals surface area contributed by atoms with Crippen LogP contribution in [0.1, 0.15) is 42.4 Å². The molecule has 1 aromatic heterocycles. The fourth-order valence-corrected chi connectivity index (χ4v) is 5.39. The van der Waals surface area contributed by atoms with Crippen molar-refractivity contribution in [3.05, 3.63) is 58.1 Å². The highest BCUT2D eigenvalue weighted by molar-refractivity contribution is 7.22. The van der Waals surface area contributed by atoms with Crippen LogP contribution < -0.4 is 5.32 Å². The molecule has 7 heteroatoms. The summed E-state index contributed by atoms with van der Waals surface area (Å²) in [5.74, 6) is -0.741. The fourth-order valence-electron chi connectivity index (χ4n) is 4.21. The first-order valence-electron chi connectivity index (χ1n) is 9.98. The Morgan fingerprint density at radius 1 is 1.17 bits per heavy atom. The Bertz CT molecular complexity index is 1100. The summed E-state index contributed by atoms with van der Waals surface area (Å²) in [5.41, 5.74) is 3.30. The molecule has 1 N–H and O–H groups in total. The summed E-state index contributed by atoms with van der Waals surface area (Å²) in [6.45, 7) is 3.70. The van der Waals surface area contributed by atoms with E-state index in [2.05, 4.69) is 16.4 Å². The highest BCUT2D eigenvalue weighted by atomic mass is 35.5. The lowest BCUT2D eigenvalue weighted by molar-refractivity contribution is -0.153. The van der Waals surface area contributed by atoms with Crippen molar-refractivity contribution in [2.45, 2.75) is 44.9 Å². The summed E-state index contributed by atoms with van der Waals surface area (Å²) in [5, 5.41) is 3.89. The molecule has 30 heavy (non-hydrogen) atoms. The van der Waals surface area contributed by atoms with Gasteiger partial charge in [0.1, 0.15) is 0 Å². The molecule has 0 spiro atoms. The predicted molar refractivity (Wildman–Crippen MR) is 120 cm³/mol. The van der Waals surface area contributed by atoms with Gasteiger partial charge in [-0.25, -0.2) is 4.98 Å². The molecule has 1 aliphatic carbocycles. The lowest BCUT2D eigenvalue weighted by Crippen LogP contribution is -2.36. The number of nitrogens with one attached hydrogen (secondary N) is 1. The number of halogens is 1. The number of carbonyl (C=O) groups excluding carboxylic acids is 2. The van der Waals surface area contributed by atoms with Crippen LogP contribution >= 0.6 is 22.9 Å². The number of ether oxygens (including phenoxy) is 1. The molecule has 0 aliphatic heterocycles. The largest absolute Gasteiger partial charge is 0.455 e. The van der Waals surface area contributed by atoms with Gasteiger partial charge in [-0.3, -0.25) is 14.9 Å². The van der Waals surface area contributed by atoms with Crippen LogP contribution in [0.4, 0.5) is 5.13 Å².